The fourth-order valence-corrected chi connectivity index (χ4v) is 4.89. The molecule has 4 aromatic carbocycles. The molecule has 0 aliphatic carbocycles. The van der Waals surface area contributed by atoms with E-state index in [1.54, 1.807) is 36.4 Å². The van der Waals surface area contributed by atoms with Crippen LogP contribution in [0.15, 0.2) is 121 Å². The molecule has 10 nitrogen and oxygen atoms in total. The van der Waals surface area contributed by atoms with Crippen molar-refractivity contribution in [3.05, 3.63) is 132 Å². The third-order valence-corrected chi connectivity index (χ3v) is 7.77. The normalized spacial score (nSPS) is 10.4. The lowest BCUT2D eigenvalue weighted by Gasteiger charge is -2.10. The Morgan fingerprint density at radius 3 is 1.45 bits per heavy atom. The van der Waals surface area contributed by atoms with Gasteiger partial charge in [0.1, 0.15) is 23.0 Å². The molecule has 0 saturated carbocycles. The zero-order valence-corrected chi connectivity index (χ0v) is 29.4. The molecule has 11 heteroatoms. The molecule has 4 rings (SSSR count). The summed E-state index contributed by atoms with van der Waals surface area (Å²) >= 11 is 3.38. The number of unbranched alkanes of at least 4 members (excludes halogenated alkanes) is 2. The third-order valence-electron chi connectivity index (χ3n) is 7.15. The van der Waals surface area contributed by atoms with Gasteiger partial charge in [0.05, 0.1) is 42.0 Å². The van der Waals surface area contributed by atoms with Gasteiger partial charge in [0.25, 0.3) is 0 Å². The molecule has 0 unspecified atom stereocenters. The molecule has 0 fully saturated rings. The van der Waals surface area contributed by atoms with Gasteiger partial charge in [0.15, 0.2) is 0 Å². The van der Waals surface area contributed by atoms with Crippen LogP contribution in [-0.2, 0) is 19.1 Å². The van der Waals surface area contributed by atoms with Gasteiger partial charge in [-0.15, -0.1) is 0 Å². The van der Waals surface area contributed by atoms with Crippen LogP contribution in [0.4, 0.5) is 0 Å². The summed E-state index contributed by atoms with van der Waals surface area (Å²) in [5.74, 6) is -0.109. The monoisotopic (exact) mass is 756 g/mol. The van der Waals surface area contributed by atoms with Crippen LogP contribution in [0.25, 0.3) is 11.1 Å². The first-order chi connectivity index (χ1) is 24.7. The number of carbonyl (C=O) groups is 4. The molecule has 0 N–H and O–H groups in total. The second kappa shape index (κ2) is 20.1. The van der Waals surface area contributed by atoms with Gasteiger partial charge in [-0.2, -0.15) is 0 Å². The Kier molecular flexibility index (Phi) is 15.0. The number of ether oxygens (including phenoxy) is 6. The largest absolute Gasteiger partial charge is 0.494 e. The lowest BCUT2D eigenvalue weighted by Crippen LogP contribution is -2.11. The van der Waals surface area contributed by atoms with E-state index in [9.17, 15) is 19.2 Å². The van der Waals surface area contributed by atoms with E-state index < -0.39 is 23.9 Å². The van der Waals surface area contributed by atoms with E-state index in [2.05, 4.69) is 29.1 Å². The Labute approximate surface area is 304 Å². The lowest BCUT2D eigenvalue weighted by molar-refractivity contribution is -0.138. The molecule has 0 spiro atoms. The van der Waals surface area contributed by atoms with Gasteiger partial charge in [0.2, 0.25) is 0 Å². The van der Waals surface area contributed by atoms with E-state index in [-0.39, 0.29) is 11.3 Å². The number of hydrogen-bond acceptors (Lipinski definition) is 10. The maximum atomic E-state index is 12.9. The van der Waals surface area contributed by atoms with Crippen molar-refractivity contribution in [1.82, 2.24) is 0 Å². The zero-order valence-electron chi connectivity index (χ0n) is 27.8. The first kappa shape index (κ1) is 38.1. The number of benzene rings is 4. The number of hydrogen-bond donors (Lipinski definition) is 0. The number of halogens is 1. The van der Waals surface area contributed by atoms with Crippen molar-refractivity contribution in [3.8, 4) is 34.1 Å². The second-order valence-electron chi connectivity index (χ2n) is 10.9. The van der Waals surface area contributed by atoms with E-state index >= 15 is 0 Å². The molecular formula is C40H37BrO10. The van der Waals surface area contributed by atoms with Gasteiger partial charge in [0, 0.05) is 12.2 Å². The molecule has 0 amide bonds. The van der Waals surface area contributed by atoms with Crippen molar-refractivity contribution >= 4 is 39.8 Å². The predicted octanol–water partition coefficient (Wildman–Crippen LogP) is 8.33. The summed E-state index contributed by atoms with van der Waals surface area (Å²) < 4.78 is 32.8. The summed E-state index contributed by atoms with van der Waals surface area (Å²) in [5.41, 5.74) is 2.48. The SMILES string of the molecule is C=CC(=O)OCCCCOc1ccc(C(=O)Oc2ccc(C(=O)Oc3ccc(-c4ccc(OCCCCOC(=O)C=C)cc4)cc3)cc2Br)cc1. The predicted molar refractivity (Wildman–Crippen MR) is 194 cm³/mol. The minimum Gasteiger partial charge on any atom is -0.494 e. The minimum atomic E-state index is -0.579. The Bertz CT molecular complexity index is 1800. The molecular weight excluding hydrogens is 720 g/mol. The molecule has 0 aromatic heterocycles. The maximum Gasteiger partial charge on any atom is 0.343 e. The summed E-state index contributed by atoms with van der Waals surface area (Å²) in [6, 6.07) is 25.8. The van der Waals surface area contributed by atoms with Crippen LogP contribution < -0.4 is 18.9 Å². The number of rotatable bonds is 19. The molecule has 0 aliphatic rings. The Morgan fingerprint density at radius 1 is 0.529 bits per heavy atom. The van der Waals surface area contributed by atoms with Crippen LogP contribution in [0, 0.1) is 0 Å². The van der Waals surface area contributed by atoms with Crippen molar-refractivity contribution in [2.24, 2.45) is 0 Å². The van der Waals surface area contributed by atoms with Crippen molar-refractivity contribution in [2.75, 3.05) is 26.4 Å². The Hall–Kier alpha value is -5.68. The maximum absolute atomic E-state index is 12.9. The van der Waals surface area contributed by atoms with Crippen LogP contribution in [0.5, 0.6) is 23.0 Å². The average molecular weight is 758 g/mol. The molecule has 0 radical (unpaired) electrons. The fraction of sp³-hybridized carbons (Fsp3) is 0.200. The minimum absolute atomic E-state index is 0.237. The first-order valence-electron chi connectivity index (χ1n) is 16.1. The molecule has 0 aliphatic heterocycles. The molecule has 264 valence electrons. The Morgan fingerprint density at radius 2 is 0.961 bits per heavy atom. The molecule has 4 aromatic rings. The van der Waals surface area contributed by atoms with E-state index in [0.717, 1.165) is 35.4 Å². The van der Waals surface area contributed by atoms with E-state index in [1.807, 2.05) is 36.4 Å². The lowest BCUT2D eigenvalue weighted by atomic mass is 10.1. The van der Waals surface area contributed by atoms with Gasteiger partial charge in [-0.1, -0.05) is 37.4 Å². The highest BCUT2D eigenvalue weighted by Crippen LogP contribution is 2.29. The summed E-state index contributed by atoms with van der Waals surface area (Å²) in [4.78, 5) is 47.7. The second-order valence-corrected chi connectivity index (χ2v) is 11.7. The van der Waals surface area contributed by atoms with Crippen molar-refractivity contribution in [2.45, 2.75) is 25.7 Å². The van der Waals surface area contributed by atoms with Gasteiger partial charge in [-0.25, -0.2) is 19.2 Å². The van der Waals surface area contributed by atoms with Crippen molar-refractivity contribution in [3.63, 3.8) is 0 Å². The molecule has 0 bridgehead atoms. The smallest absolute Gasteiger partial charge is 0.343 e. The molecule has 0 heterocycles. The molecule has 0 saturated heterocycles. The van der Waals surface area contributed by atoms with Gasteiger partial charge in [-0.05, 0) is 119 Å². The standard InChI is InChI=1S/C40H37BrO10/c1-3-37(42)48-25-7-5-23-46-32-16-9-28(10-17-32)29-11-20-34(21-12-29)50-40(45)31-15-22-36(35(41)27-31)51-39(44)30-13-18-33(19-14-30)47-24-6-8-26-49-38(43)4-2/h3-4,9-22,27H,1-2,5-8,23-26H2. The van der Waals surface area contributed by atoms with E-state index in [1.165, 1.54) is 18.2 Å². The first-order valence-corrected chi connectivity index (χ1v) is 16.9. The summed E-state index contributed by atoms with van der Waals surface area (Å²) in [6.07, 6.45) is 5.04. The van der Waals surface area contributed by atoms with Crippen molar-refractivity contribution < 1.29 is 47.6 Å². The summed E-state index contributed by atoms with van der Waals surface area (Å²) in [6.45, 7) is 8.26. The summed E-state index contributed by atoms with van der Waals surface area (Å²) in [7, 11) is 0. The van der Waals surface area contributed by atoms with Gasteiger partial charge < -0.3 is 28.4 Å². The topological polar surface area (TPSA) is 124 Å². The molecule has 0 atom stereocenters. The zero-order chi connectivity index (χ0) is 36.4. The quantitative estimate of drug-likeness (QED) is 0.0399. The highest BCUT2D eigenvalue weighted by Gasteiger charge is 2.15. The number of carbonyl (C=O) groups excluding carboxylic acids is 4. The van der Waals surface area contributed by atoms with Crippen LogP contribution in [-0.4, -0.2) is 50.3 Å². The van der Waals surface area contributed by atoms with E-state index in [4.69, 9.17) is 28.4 Å². The highest BCUT2D eigenvalue weighted by molar-refractivity contribution is 9.10. The highest BCUT2D eigenvalue weighted by atomic mass is 79.9. The van der Waals surface area contributed by atoms with Crippen LogP contribution in [0.2, 0.25) is 0 Å². The van der Waals surface area contributed by atoms with Crippen molar-refractivity contribution in [1.29, 1.82) is 0 Å². The fourth-order valence-electron chi connectivity index (χ4n) is 4.43. The van der Waals surface area contributed by atoms with Crippen LogP contribution in [0.3, 0.4) is 0 Å². The number of esters is 4. The van der Waals surface area contributed by atoms with Gasteiger partial charge in [-0.3, -0.25) is 0 Å². The average Bonchev–Trinajstić information content (AvgIpc) is 3.15. The van der Waals surface area contributed by atoms with E-state index in [0.29, 0.717) is 67.2 Å². The van der Waals surface area contributed by atoms with Crippen LogP contribution >= 0.6 is 15.9 Å². The molecule has 51 heavy (non-hydrogen) atoms. The van der Waals surface area contributed by atoms with Gasteiger partial charge >= 0.3 is 23.9 Å². The third kappa shape index (κ3) is 12.6. The van der Waals surface area contributed by atoms with Crippen LogP contribution in [0.1, 0.15) is 46.4 Å². The Balaban J connectivity index is 1.21. The summed E-state index contributed by atoms with van der Waals surface area (Å²) in [5, 5.41) is 0.